The lowest BCUT2D eigenvalue weighted by atomic mass is 9.73. The van der Waals surface area contributed by atoms with Crippen LogP contribution in [-0.4, -0.2) is 32.6 Å². The Kier molecular flexibility index (Phi) is 6.14. The molecule has 3 rings (SSSR count). The molecule has 2 atom stereocenters. The highest BCUT2D eigenvalue weighted by Crippen LogP contribution is 2.44. The smallest absolute Gasteiger partial charge is 0.317 e. The van der Waals surface area contributed by atoms with Crippen LogP contribution in [0.25, 0.3) is 5.57 Å². The van der Waals surface area contributed by atoms with Crippen molar-refractivity contribution in [3.63, 3.8) is 0 Å². The van der Waals surface area contributed by atoms with E-state index in [9.17, 15) is 9.59 Å². The van der Waals surface area contributed by atoms with E-state index >= 15 is 0 Å². The van der Waals surface area contributed by atoms with Crippen molar-refractivity contribution in [2.45, 2.75) is 19.3 Å². The topological polar surface area (TPSA) is 61.8 Å². The summed E-state index contributed by atoms with van der Waals surface area (Å²) in [4.78, 5) is 25.6. The van der Waals surface area contributed by atoms with E-state index in [0.717, 1.165) is 16.7 Å². The number of para-hydroxylation sites is 2. The lowest BCUT2D eigenvalue weighted by Crippen LogP contribution is -2.34. The molecule has 0 radical (unpaired) electrons. The quantitative estimate of drug-likeness (QED) is 0.559. The molecule has 0 amide bonds. The molecule has 0 aliphatic heterocycles. The summed E-state index contributed by atoms with van der Waals surface area (Å²) in [6.45, 7) is 1.96. The number of ketones is 1. The number of hydrogen-bond donors (Lipinski definition) is 0. The van der Waals surface area contributed by atoms with Crippen LogP contribution in [0.5, 0.6) is 11.5 Å². The van der Waals surface area contributed by atoms with Gasteiger partial charge in [0.2, 0.25) is 0 Å². The Morgan fingerprint density at radius 3 is 2.32 bits per heavy atom. The predicted molar refractivity (Wildman–Crippen MR) is 106 cm³/mol. The summed E-state index contributed by atoms with van der Waals surface area (Å²) in [5.74, 6) is -0.701. The maximum atomic E-state index is 13.0. The average Bonchev–Trinajstić information content (AvgIpc) is 2.73. The highest BCUT2D eigenvalue weighted by Gasteiger charge is 2.41. The van der Waals surface area contributed by atoms with Crippen LogP contribution in [0.1, 0.15) is 30.4 Å². The van der Waals surface area contributed by atoms with Crippen molar-refractivity contribution in [1.82, 2.24) is 0 Å². The number of ether oxygens (including phenoxy) is 3. The van der Waals surface area contributed by atoms with Crippen molar-refractivity contribution >= 4 is 17.3 Å². The molecular formula is C23H24O5. The van der Waals surface area contributed by atoms with Crippen LogP contribution >= 0.6 is 0 Å². The van der Waals surface area contributed by atoms with Crippen LogP contribution < -0.4 is 9.47 Å². The molecule has 0 fully saturated rings. The molecule has 2 unspecified atom stereocenters. The van der Waals surface area contributed by atoms with Gasteiger partial charge in [-0.2, -0.15) is 0 Å². The molecule has 1 aliphatic carbocycles. The van der Waals surface area contributed by atoms with Gasteiger partial charge in [0.25, 0.3) is 0 Å². The van der Waals surface area contributed by atoms with Gasteiger partial charge in [-0.25, -0.2) is 0 Å². The molecule has 0 saturated carbocycles. The van der Waals surface area contributed by atoms with Crippen molar-refractivity contribution in [3.05, 3.63) is 65.7 Å². The number of esters is 1. The number of carbonyl (C=O) groups is 2. The first-order valence-electron chi connectivity index (χ1n) is 9.28. The molecule has 0 N–H and O–H groups in total. The standard InChI is InChI=1S/C23H24O5/c1-4-28-23(25)22-18(17-10-6-8-12-21(17)27-3)13-15(14-19(22)24)16-9-5-7-11-20(16)26-2/h5-12,14,18,22H,4,13H2,1-3H3. The summed E-state index contributed by atoms with van der Waals surface area (Å²) in [5, 5.41) is 0. The van der Waals surface area contributed by atoms with E-state index < -0.39 is 11.9 Å². The predicted octanol–water partition coefficient (Wildman–Crippen LogP) is 4.02. The van der Waals surface area contributed by atoms with Gasteiger partial charge in [-0.15, -0.1) is 0 Å². The lowest BCUT2D eigenvalue weighted by molar-refractivity contribution is -0.151. The summed E-state index contributed by atoms with van der Waals surface area (Å²) in [5.41, 5.74) is 2.50. The van der Waals surface area contributed by atoms with Crippen molar-refractivity contribution < 1.29 is 23.8 Å². The van der Waals surface area contributed by atoms with Gasteiger partial charge in [-0.05, 0) is 42.7 Å². The number of benzene rings is 2. The van der Waals surface area contributed by atoms with Crippen LogP contribution in [0, 0.1) is 5.92 Å². The van der Waals surface area contributed by atoms with Crippen LogP contribution in [0.2, 0.25) is 0 Å². The average molecular weight is 380 g/mol. The molecular weight excluding hydrogens is 356 g/mol. The first-order valence-corrected chi connectivity index (χ1v) is 9.28. The third-order valence-corrected chi connectivity index (χ3v) is 5.00. The summed E-state index contributed by atoms with van der Waals surface area (Å²) in [6, 6.07) is 15.0. The largest absolute Gasteiger partial charge is 0.496 e. The number of carbonyl (C=O) groups excluding carboxylic acids is 2. The number of allylic oxidation sites excluding steroid dienone is 2. The Balaban J connectivity index is 2.10. The minimum atomic E-state index is -0.894. The lowest BCUT2D eigenvalue weighted by Gasteiger charge is -2.30. The molecule has 5 nitrogen and oxygen atoms in total. The highest BCUT2D eigenvalue weighted by atomic mass is 16.5. The molecule has 2 aromatic carbocycles. The van der Waals surface area contributed by atoms with Crippen molar-refractivity contribution in [2.24, 2.45) is 5.92 Å². The van der Waals surface area contributed by atoms with E-state index in [1.807, 2.05) is 48.5 Å². The van der Waals surface area contributed by atoms with Crippen molar-refractivity contribution in [1.29, 1.82) is 0 Å². The van der Waals surface area contributed by atoms with Gasteiger partial charge in [0.05, 0.1) is 20.8 Å². The van der Waals surface area contributed by atoms with Crippen molar-refractivity contribution in [3.8, 4) is 11.5 Å². The maximum Gasteiger partial charge on any atom is 0.317 e. The van der Waals surface area contributed by atoms with Crippen LogP contribution in [-0.2, 0) is 14.3 Å². The molecule has 0 saturated heterocycles. The summed E-state index contributed by atoms with van der Waals surface area (Å²) < 4.78 is 16.2. The van der Waals surface area contributed by atoms with Gasteiger partial charge >= 0.3 is 5.97 Å². The van der Waals surface area contributed by atoms with Crippen molar-refractivity contribution in [2.75, 3.05) is 20.8 Å². The Morgan fingerprint density at radius 2 is 1.64 bits per heavy atom. The summed E-state index contributed by atoms with van der Waals surface area (Å²) in [6.07, 6.45) is 2.04. The van der Waals surface area contributed by atoms with E-state index in [4.69, 9.17) is 14.2 Å². The second-order valence-corrected chi connectivity index (χ2v) is 6.55. The van der Waals surface area contributed by atoms with E-state index in [2.05, 4.69) is 0 Å². The fourth-order valence-electron chi connectivity index (χ4n) is 3.75. The summed E-state index contributed by atoms with van der Waals surface area (Å²) >= 11 is 0. The molecule has 2 aromatic rings. The minimum Gasteiger partial charge on any atom is -0.496 e. The Labute approximate surface area is 164 Å². The maximum absolute atomic E-state index is 13.0. The molecule has 28 heavy (non-hydrogen) atoms. The molecule has 146 valence electrons. The van der Waals surface area contributed by atoms with Gasteiger partial charge in [0, 0.05) is 11.5 Å². The zero-order chi connectivity index (χ0) is 20.1. The third kappa shape index (κ3) is 3.79. The Hall–Kier alpha value is -3.08. The fraction of sp³-hybridized carbons (Fsp3) is 0.304. The van der Waals surface area contributed by atoms with Gasteiger partial charge in [-0.3, -0.25) is 9.59 Å². The van der Waals surface area contributed by atoms with Gasteiger partial charge in [0.15, 0.2) is 5.78 Å². The van der Waals surface area contributed by atoms with Crippen LogP contribution in [0.4, 0.5) is 0 Å². The zero-order valence-electron chi connectivity index (χ0n) is 16.3. The Bertz CT molecular complexity index is 899. The molecule has 1 aliphatic rings. The minimum absolute atomic E-state index is 0.227. The van der Waals surface area contributed by atoms with E-state index in [0.29, 0.717) is 17.9 Å². The molecule has 0 aromatic heterocycles. The first kappa shape index (κ1) is 19.7. The zero-order valence-corrected chi connectivity index (χ0v) is 16.3. The van der Waals surface area contributed by atoms with Gasteiger partial charge in [-0.1, -0.05) is 36.4 Å². The van der Waals surface area contributed by atoms with Gasteiger partial charge in [0.1, 0.15) is 17.4 Å². The van der Waals surface area contributed by atoms with E-state index in [-0.39, 0.29) is 18.3 Å². The van der Waals surface area contributed by atoms with Gasteiger partial charge < -0.3 is 14.2 Å². The second kappa shape index (κ2) is 8.74. The molecule has 0 spiro atoms. The SMILES string of the molecule is CCOC(=O)C1C(=O)C=C(c2ccccc2OC)CC1c1ccccc1OC. The Morgan fingerprint density at radius 1 is 1.00 bits per heavy atom. The fourth-order valence-corrected chi connectivity index (χ4v) is 3.75. The van der Waals surface area contributed by atoms with Crippen LogP contribution in [0.15, 0.2) is 54.6 Å². The second-order valence-electron chi connectivity index (χ2n) is 6.55. The number of rotatable bonds is 6. The highest BCUT2D eigenvalue weighted by molar-refractivity contribution is 6.11. The molecule has 0 bridgehead atoms. The molecule has 0 heterocycles. The normalized spacial score (nSPS) is 19.0. The van der Waals surface area contributed by atoms with E-state index in [1.165, 1.54) is 0 Å². The summed E-state index contributed by atoms with van der Waals surface area (Å²) in [7, 11) is 3.18. The third-order valence-electron chi connectivity index (χ3n) is 5.00. The number of methoxy groups -OCH3 is 2. The number of hydrogen-bond acceptors (Lipinski definition) is 5. The molecule has 5 heteroatoms. The van der Waals surface area contributed by atoms with E-state index in [1.54, 1.807) is 27.2 Å². The first-order chi connectivity index (χ1) is 13.6. The van der Waals surface area contributed by atoms with Crippen LogP contribution in [0.3, 0.4) is 0 Å². The monoisotopic (exact) mass is 380 g/mol.